The second-order valence-corrected chi connectivity index (χ2v) is 5.16. The molecule has 0 aliphatic carbocycles. The van der Waals surface area contributed by atoms with Crippen molar-refractivity contribution in [2.24, 2.45) is 0 Å². The largest absolute Gasteiger partial charge is 0.373 e. The molecule has 0 spiro atoms. The number of amides is 1. The molecule has 0 N–H and O–H groups in total. The van der Waals surface area contributed by atoms with E-state index in [0.29, 0.717) is 18.5 Å². The molecule has 104 valence electrons. The maximum Gasteiger partial charge on any atom is 0.260 e. The normalized spacial score (nSPS) is 23.5. The zero-order chi connectivity index (χ0) is 14.0. The van der Waals surface area contributed by atoms with E-state index in [1.54, 1.807) is 6.92 Å². The molecule has 1 aromatic carbocycles. The SMILES string of the molecule is CC1COC(CBr)CN1C(=O)c1c(F)cccc1F. The van der Waals surface area contributed by atoms with Gasteiger partial charge in [0.25, 0.3) is 5.91 Å². The lowest BCUT2D eigenvalue weighted by atomic mass is 10.1. The second kappa shape index (κ2) is 5.96. The predicted molar refractivity (Wildman–Crippen MR) is 70.4 cm³/mol. The molecule has 1 aromatic rings. The van der Waals surface area contributed by atoms with Crippen molar-refractivity contribution in [2.75, 3.05) is 18.5 Å². The van der Waals surface area contributed by atoms with Gasteiger partial charge in [-0.05, 0) is 19.1 Å². The van der Waals surface area contributed by atoms with Gasteiger partial charge in [0.05, 0.1) is 18.8 Å². The number of halogens is 3. The average Bonchev–Trinajstić information content (AvgIpc) is 2.39. The number of carbonyl (C=O) groups excluding carboxylic acids is 1. The number of alkyl halides is 1. The summed E-state index contributed by atoms with van der Waals surface area (Å²) in [4.78, 5) is 13.7. The van der Waals surface area contributed by atoms with Gasteiger partial charge in [-0.1, -0.05) is 22.0 Å². The van der Waals surface area contributed by atoms with E-state index in [2.05, 4.69) is 15.9 Å². The zero-order valence-corrected chi connectivity index (χ0v) is 12.0. The highest BCUT2D eigenvalue weighted by atomic mass is 79.9. The van der Waals surface area contributed by atoms with Crippen LogP contribution in [0, 0.1) is 11.6 Å². The molecule has 0 aromatic heterocycles. The summed E-state index contributed by atoms with van der Waals surface area (Å²) >= 11 is 3.28. The number of ether oxygens (including phenoxy) is 1. The summed E-state index contributed by atoms with van der Waals surface area (Å²) in [7, 11) is 0. The van der Waals surface area contributed by atoms with Gasteiger partial charge in [-0.2, -0.15) is 0 Å². The molecule has 1 amide bonds. The molecule has 1 fully saturated rings. The first-order chi connectivity index (χ1) is 9.04. The Kier molecular flexibility index (Phi) is 4.52. The maximum atomic E-state index is 13.6. The number of morpholine rings is 1. The molecule has 1 aliphatic heterocycles. The average molecular weight is 334 g/mol. The Morgan fingerprint density at radius 1 is 1.47 bits per heavy atom. The van der Waals surface area contributed by atoms with Crippen LogP contribution in [0.3, 0.4) is 0 Å². The fourth-order valence-electron chi connectivity index (χ4n) is 2.04. The number of benzene rings is 1. The third kappa shape index (κ3) is 2.95. The lowest BCUT2D eigenvalue weighted by molar-refractivity contribution is -0.0364. The minimum atomic E-state index is -0.834. The Hall–Kier alpha value is -1.01. The van der Waals surface area contributed by atoms with Gasteiger partial charge in [-0.25, -0.2) is 8.78 Å². The van der Waals surface area contributed by atoms with Gasteiger partial charge in [0.1, 0.15) is 17.2 Å². The molecule has 1 saturated heterocycles. The summed E-state index contributed by atoms with van der Waals surface area (Å²) in [5.41, 5.74) is -0.496. The highest BCUT2D eigenvalue weighted by Gasteiger charge is 2.32. The fraction of sp³-hybridized carbons (Fsp3) is 0.462. The number of rotatable bonds is 2. The first kappa shape index (κ1) is 14.4. The number of hydrogen-bond acceptors (Lipinski definition) is 2. The van der Waals surface area contributed by atoms with Gasteiger partial charge in [-0.15, -0.1) is 0 Å². The first-order valence-corrected chi connectivity index (χ1v) is 7.09. The molecule has 0 saturated carbocycles. The lowest BCUT2D eigenvalue weighted by Crippen LogP contribution is -2.51. The molecule has 2 atom stereocenters. The molecule has 6 heteroatoms. The van der Waals surface area contributed by atoms with Crippen molar-refractivity contribution in [3.05, 3.63) is 35.4 Å². The molecule has 3 nitrogen and oxygen atoms in total. The third-order valence-electron chi connectivity index (χ3n) is 3.12. The quantitative estimate of drug-likeness (QED) is 0.778. The Balaban J connectivity index is 2.27. The topological polar surface area (TPSA) is 29.5 Å². The van der Waals surface area contributed by atoms with Crippen molar-refractivity contribution < 1.29 is 18.3 Å². The molecule has 0 radical (unpaired) electrons. The van der Waals surface area contributed by atoms with Gasteiger partial charge in [-0.3, -0.25) is 4.79 Å². The van der Waals surface area contributed by atoms with Crippen LogP contribution in [0.5, 0.6) is 0 Å². The van der Waals surface area contributed by atoms with Crippen LogP contribution in [-0.2, 0) is 4.74 Å². The Labute approximate surface area is 118 Å². The Bertz CT molecular complexity index is 463. The monoisotopic (exact) mass is 333 g/mol. The van der Waals surface area contributed by atoms with E-state index in [-0.39, 0.29) is 12.1 Å². The molecular weight excluding hydrogens is 320 g/mol. The van der Waals surface area contributed by atoms with Crippen LogP contribution < -0.4 is 0 Å². The van der Waals surface area contributed by atoms with E-state index >= 15 is 0 Å². The minimum Gasteiger partial charge on any atom is -0.373 e. The summed E-state index contributed by atoms with van der Waals surface area (Å²) < 4.78 is 32.8. The summed E-state index contributed by atoms with van der Waals surface area (Å²) in [6.45, 7) is 2.47. The molecular formula is C13H14BrF2NO2. The second-order valence-electron chi connectivity index (χ2n) is 4.51. The molecule has 2 unspecified atom stereocenters. The van der Waals surface area contributed by atoms with Crippen LogP contribution in [0.25, 0.3) is 0 Å². The van der Waals surface area contributed by atoms with Crippen LogP contribution in [0.1, 0.15) is 17.3 Å². The van der Waals surface area contributed by atoms with Gasteiger partial charge < -0.3 is 9.64 Å². The predicted octanol–water partition coefficient (Wildman–Crippen LogP) is 2.59. The van der Waals surface area contributed by atoms with E-state index in [1.165, 1.54) is 11.0 Å². The van der Waals surface area contributed by atoms with Crippen LogP contribution >= 0.6 is 15.9 Å². The Morgan fingerprint density at radius 2 is 2.11 bits per heavy atom. The smallest absolute Gasteiger partial charge is 0.260 e. The molecule has 2 rings (SSSR count). The van der Waals surface area contributed by atoms with Gasteiger partial charge in [0, 0.05) is 11.9 Å². The summed E-state index contributed by atoms with van der Waals surface area (Å²) in [6, 6.07) is 3.21. The van der Waals surface area contributed by atoms with Crippen molar-refractivity contribution >= 4 is 21.8 Å². The van der Waals surface area contributed by atoms with E-state index in [9.17, 15) is 13.6 Å². The summed E-state index contributed by atoms with van der Waals surface area (Å²) in [6.07, 6.45) is -0.157. The molecule has 1 aliphatic rings. The molecule has 19 heavy (non-hydrogen) atoms. The summed E-state index contributed by atoms with van der Waals surface area (Å²) in [5.74, 6) is -2.30. The van der Waals surface area contributed by atoms with Gasteiger partial charge in [0.15, 0.2) is 0 Å². The van der Waals surface area contributed by atoms with Crippen molar-refractivity contribution in [1.82, 2.24) is 4.90 Å². The number of hydrogen-bond donors (Lipinski definition) is 0. The van der Waals surface area contributed by atoms with Crippen LogP contribution in [0.2, 0.25) is 0 Å². The van der Waals surface area contributed by atoms with Crippen molar-refractivity contribution in [3.8, 4) is 0 Å². The summed E-state index contributed by atoms with van der Waals surface area (Å²) in [5, 5.41) is 0.573. The van der Waals surface area contributed by atoms with Gasteiger partial charge in [0.2, 0.25) is 0 Å². The third-order valence-corrected chi connectivity index (χ3v) is 3.84. The highest BCUT2D eigenvalue weighted by molar-refractivity contribution is 9.09. The Morgan fingerprint density at radius 3 is 2.68 bits per heavy atom. The minimum absolute atomic E-state index is 0.157. The maximum absolute atomic E-state index is 13.6. The van der Waals surface area contributed by atoms with Crippen LogP contribution in [0.4, 0.5) is 8.78 Å². The lowest BCUT2D eigenvalue weighted by Gasteiger charge is -2.37. The standard InChI is InChI=1S/C13H14BrF2NO2/c1-8-7-19-9(5-14)6-17(8)13(18)12-10(15)3-2-4-11(12)16/h2-4,8-9H,5-7H2,1H3. The first-order valence-electron chi connectivity index (χ1n) is 5.97. The number of carbonyl (C=O) groups is 1. The number of nitrogens with zero attached hydrogens (tertiary/aromatic N) is 1. The zero-order valence-electron chi connectivity index (χ0n) is 10.4. The van der Waals surface area contributed by atoms with Gasteiger partial charge >= 0.3 is 0 Å². The van der Waals surface area contributed by atoms with E-state index in [1.807, 2.05) is 0 Å². The van der Waals surface area contributed by atoms with Crippen molar-refractivity contribution in [2.45, 2.75) is 19.1 Å². The van der Waals surface area contributed by atoms with E-state index < -0.39 is 23.1 Å². The van der Waals surface area contributed by atoms with Crippen LogP contribution in [-0.4, -0.2) is 41.4 Å². The van der Waals surface area contributed by atoms with Crippen molar-refractivity contribution in [1.29, 1.82) is 0 Å². The van der Waals surface area contributed by atoms with Crippen LogP contribution in [0.15, 0.2) is 18.2 Å². The molecule has 1 heterocycles. The van der Waals surface area contributed by atoms with E-state index in [0.717, 1.165) is 12.1 Å². The van der Waals surface area contributed by atoms with E-state index in [4.69, 9.17) is 4.74 Å². The van der Waals surface area contributed by atoms with Crippen molar-refractivity contribution in [3.63, 3.8) is 0 Å². The molecule has 0 bridgehead atoms. The highest BCUT2D eigenvalue weighted by Crippen LogP contribution is 2.20. The fourth-order valence-corrected chi connectivity index (χ4v) is 2.43.